The van der Waals surface area contributed by atoms with Crippen molar-refractivity contribution in [1.82, 2.24) is 15.3 Å². The van der Waals surface area contributed by atoms with E-state index in [4.69, 9.17) is 4.74 Å². The third kappa shape index (κ3) is 4.41. The van der Waals surface area contributed by atoms with E-state index in [2.05, 4.69) is 20.0 Å². The first-order valence-corrected chi connectivity index (χ1v) is 10.00. The number of carbonyl (C=O) groups is 1. The summed E-state index contributed by atoms with van der Waals surface area (Å²) in [6.45, 7) is 0.920. The van der Waals surface area contributed by atoms with Gasteiger partial charge in [-0.2, -0.15) is 0 Å². The predicted molar refractivity (Wildman–Crippen MR) is 105 cm³/mol. The van der Waals surface area contributed by atoms with Crippen LogP contribution in [0.1, 0.15) is 16.8 Å². The summed E-state index contributed by atoms with van der Waals surface area (Å²) in [5.74, 6) is -0.389. The lowest BCUT2D eigenvalue weighted by Crippen LogP contribution is -2.26. The van der Waals surface area contributed by atoms with E-state index in [0.717, 1.165) is 0 Å². The van der Waals surface area contributed by atoms with Crippen molar-refractivity contribution in [3.63, 3.8) is 0 Å². The highest BCUT2D eigenvalue weighted by Crippen LogP contribution is 2.22. The van der Waals surface area contributed by atoms with Crippen molar-refractivity contribution in [2.24, 2.45) is 0 Å². The molecule has 0 radical (unpaired) electrons. The smallest absolute Gasteiger partial charge is 0.323 e. The number of benzene rings is 2. The van der Waals surface area contributed by atoms with Gasteiger partial charge in [-0.05, 0) is 36.8 Å². The molecule has 0 saturated carbocycles. The van der Waals surface area contributed by atoms with Gasteiger partial charge in [0.05, 0.1) is 27.2 Å². The third-order valence-electron chi connectivity index (χ3n) is 4.02. The maximum atomic E-state index is 12.8. The van der Waals surface area contributed by atoms with Gasteiger partial charge in [0.1, 0.15) is 0 Å². The summed E-state index contributed by atoms with van der Waals surface area (Å²) < 4.78 is 32.9. The molecule has 2 aromatic carbocycles. The Morgan fingerprint density at radius 2 is 1.86 bits per heavy atom. The Morgan fingerprint density at radius 1 is 1.11 bits per heavy atom. The fraction of sp³-hybridized carbons (Fsp3) is 0.222. The second-order valence-electron chi connectivity index (χ2n) is 6.04. The second kappa shape index (κ2) is 8.28. The highest BCUT2D eigenvalue weighted by molar-refractivity contribution is 7.92. The first kappa shape index (κ1) is 19.6. The van der Waals surface area contributed by atoms with E-state index in [-0.39, 0.29) is 22.1 Å². The normalized spacial score (nSPS) is 11.5. The number of aromatic nitrogens is 2. The lowest BCUT2D eigenvalue weighted by atomic mass is 10.1. The Bertz CT molecular complexity index is 1150. The van der Waals surface area contributed by atoms with E-state index in [1.54, 1.807) is 19.2 Å². The van der Waals surface area contributed by atoms with Gasteiger partial charge in [0.25, 0.3) is 15.9 Å². The molecule has 1 amide bonds. The van der Waals surface area contributed by atoms with E-state index in [1.165, 1.54) is 30.3 Å². The van der Waals surface area contributed by atoms with Gasteiger partial charge in [0, 0.05) is 20.3 Å². The van der Waals surface area contributed by atoms with Crippen LogP contribution in [0.25, 0.3) is 11.0 Å². The Labute approximate surface area is 161 Å². The summed E-state index contributed by atoms with van der Waals surface area (Å²) in [6, 6.07) is 10.6. The minimum Gasteiger partial charge on any atom is -0.385 e. The van der Waals surface area contributed by atoms with Crippen molar-refractivity contribution in [1.29, 1.82) is 0 Å². The number of hydrogen-bond acceptors (Lipinski definition) is 5. The fourth-order valence-corrected chi connectivity index (χ4v) is 3.77. The van der Waals surface area contributed by atoms with Crippen LogP contribution >= 0.6 is 0 Å². The molecular formula is C18H20N4O5S. The molecule has 9 nitrogen and oxygen atoms in total. The first-order chi connectivity index (χ1) is 13.4. The molecule has 0 aliphatic heterocycles. The SMILES string of the molecule is COCCCNC(=O)c1ccccc1NS(=O)(=O)c1ccc2[nH]c(=O)[nH]c2c1. The average Bonchev–Trinajstić information content (AvgIpc) is 3.04. The van der Waals surface area contributed by atoms with Crippen LogP contribution in [0.4, 0.5) is 5.69 Å². The van der Waals surface area contributed by atoms with Crippen LogP contribution < -0.4 is 15.7 Å². The number of ether oxygens (including phenoxy) is 1. The van der Waals surface area contributed by atoms with Gasteiger partial charge in [-0.1, -0.05) is 12.1 Å². The number of carbonyl (C=O) groups excluding carboxylic acids is 1. The van der Waals surface area contributed by atoms with Gasteiger partial charge in [-0.25, -0.2) is 13.2 Å². The summed E-state index contributed by atoms with van der Waals surface area (Å²) in [6.07, 6.45) is 0.644. The molecule has 3 rings (SSSR count). The van der Waals surface area contributed by atoms with Crippen LogP contribution in [-0.2, 0) is 14.8 Å². The van der Waals surface area contributed by atoms with Crippen LogP contribution in [0, 0.1) is 0 Å². The van der Waals surface area contributed by atoms with Crippen molar-refractivity contribution >= 4 is 32.7 Å². The molecule has 0 spiro atoms. The fourth-order valence-electron chi connectivity index (χ4n) is 2.67. The zero-order valence-electron chi connectivity index (χ0n) is 15.1. The quantitative estimate of drug-likeness (QED) is 0.422. The number of nitrogens with one attached hydrogen (secondary N) is 4. The molecule has 0 bridgehead atoms. The van der Waals surface area contributed by atoms with E-state index >= 15 is 0 Å². The number of methoxy groups -OCH3 is 1. The average molecular weight is 404 g/mol. The molecule has 0 atom stereocenters. The van der Waals surface area contributed by atoms with Crippen molar-refractivity contribution in [3.05, 3.63) is 58.5 Å². The van der Waals surface area contributed by atoms with Gasteiger partial charge in [0.2, 0.25) is 0 Å². The van der Waals surface area contributed by atoms with Crippen LogP contribution in [0.5, 0.6) is 0 Å². The summed E-state index contributed by atoms with van der Waals surface area (Å²) in [7, 11) is -2.39. The van der Waals surface area contributed by atoms with Crippen LogP contribution in [0.15, 0.2) is 52.2 Å². The lowest BCUT2D eigenvalue weighted by molar-refractivity contribution is 0.0949. The number of amides is 1. The molecular weight excluding hydrogens is 384 g/mol. The Morgan fingerprint density at radius 3 is 2.64 bits per heavy atom. The van der Waals surface area contributed by atoms with E-state index in [1.807, 2.05) is 0 Å². The second-order valence-corrected chi connectivity index (χ2v) is 7.72. The van der Waals surface area contributed by atoms with E-state index < -0.39 is 15.7 Å². The van der Waals surface area contributed by atoms with Crippen LogP contribution in [0.3, 0.4) is 0 Å². The molecule has 28 heavy (non-hydrogen) atoms. The zero-order valence-corrected chi connectivity index (χ0v) is 15.9. The van der Waals surface area contributed by atoms with E-state index in [0.29, 0.717) is 30.6 Å². The molecule has 148 valence electrons. The predicted octanol–water partition coefficient (Wildman–Crippen LogP) is 1.42. The maximum absolute atomic E-state index is 12.8. The Kier molecular flexibility index (Phi) is 5.81. The van der Waals surface area contributed by atoms with Gasteiger partial charge in [-0.3, -0.25) is 9.52 Å². The van der Waals surface area contributed by atoms with Crippen molar-refractivity contribution in [2.75, 3.05) is 25.0 Å². The molecule has 0 saturated heterocycles. The van der Waals surface area contributed by atoms with Gasteiger partial charge < -0.3 is 20.0 Å². The molecule has 1 heterocycles. The topological polar surface area (TPSA) is 133 Å². The number of aromatic amines is 2. The Hall–Kier alpha value is -3.11. The largest absolute Gasteiger partial charge is 0.385 e. The van der Waals surface area contributed by atoms with Gasteiger partial charge in [-0.15, -0.1) is 0 Å². The van der Waals surface area contributed by atoms with Crippen LogP contribution in [0.2, 0.25) is 0 Å². The maximum Gasteiger partial charge on any atom is 0.323 e. The minimum atomic E-state index is -3.97. The molecule has 0 fully saturated rings. The number of anilines is 1. The summed E-state index contributed by atoms with van der Waals surface area (Å²) in [5.41, 5.74) is 0.818. The monoisotopic (exact) mass is 404 g/mol. The molecule has 4 N–H and O–H groups in total. The zero-order chi connectivity index (χ0) is 20.1. The highest BCUT2D eigenvalue weighted by Gasteiger charge is 2.19. The number of rotatable bonds is 8. The molecule has 0 aliphatic rings. The summed E-state index contributed by atoms with van der Waals surface area (Å²) >= 11 is 0. The minimum absolute atomic E-state index is 0.0365. The number of hydrogen-bond donors (Lipinski definition) is 4. The number of H-pyrrole nitrogens is 2. The van der Waals surface area contributed by atoms with E-state index in [9.17, 15) is 18.0 Å². The first-order valence-electron chi connectivity index (χ1n) is 8.52. The number of imidazole rings is 1. The van der Waals surface area contributed by atoms with Crippen molar-refractivity contribution in [2.45, 2.75) is 11.3 Å². The summed E-state index contributed by atoms with van der Waals surface area (Å²) in [4.78, 5) is 28.8. The third-order valence-corrected chi connectivity index (χ3v) is 5.39. The molecule has 0 aliphatic carbocycles. The standard InChI is InChI=1S/C18H20N4O5S/c1-27-10-4-9-19-17(23)13-5-2-3-6-14(13)22-28(25,26)12-7-8-15-16(11-12)21-18(24)20-15/h2-3,5-8,11,22H,4,9-10H2,1H3,(H,19,23)(H2,20,21,24). The molecule has 10 heteroatoms. The van der Waals surface area contributed by atoms with Gasteiger partial charge >= 0.3 is 5.69 Å². The van der Waals surface area contributed by atoms with Crippen LogP contribution in [-0.4, -0.2) is 44.6 Å². The number of fused-ring (bicyclic) bond motifs is 1. The highest BCUT2D eigenvalue weighted by atomic mass is 32.2. The van der Waals surface area contributed by atoms with Crippen molar-refractivity contribution < 1.29 is 17.9 Å². The van der Waals surface area contributed by atoms with Crippen molar-refractivity contribution in [3.8, 4) is 0 Å². The molecule has 3 aromatic rings. The number of sulfonamides is 1. The molecule has 0 unspecified atom stereocenters. The number of para-hydroxylation sites is 1. The van der Waals surface area contributed by atoms with Gasteiger partial charge in [0.15, 0.2) is 0 Å². The lowest BCUT2D eigenvalue weighted by Gasteiger charge is -2.13. The molecule has 1 aromatic heterocycles. The Balaban J connectivity index is 1.83. The summed E-state index contributed by atoms with van der Waals surface area (Å²) in [5, 5.41) is 2.73.